The summed E-state index contributed by atoms with van der Waals surface area (Å²) in [5.41, 5.74) is 6.68. The first-order valence-corrected chi connectivity index (χ1v) is 10.9. The van der Waals surface area contributed by atoms with Gasteiger partial charge in [0.1, 0.15) is 0 Å². The van der Waals surface area contributed by atoms with E-state index < -0.39 is 5.97 Å². The number of benzene rings is 2. The largest absolute Gasteiger partial charge is 0.478 e. The van der Waals surface area contributed by atoms with Crippen LogP contribution in [0, 0.1) is 6.92 Å². The summed E-state index contributed by atoms with van der Waals surface area (Å²) in [7, 11) is 0. The van der Waals surface area contributed by atoms with Crippen LogP contribution in [-0.4, -0.2) is 11.1 Å². The molecule has 0 spiro atoms. The van der Waals surface area contributed by atoms with E-state index in [1.165, 1.54) is 28.8 Å². The SMILES string of the molecule is Cc1c(-c2ccc(Nc3ccc(C(=O)O)cc3)cc2)sc2c1C(C)(C)CCC2C. The summed E-state index contributed by atoms with van der Waals surface area (Å²) in [6, 6.07) is 15.3. The number of hydrogen-bond acceptors (Lipinski definition) is 3. The van der Waals surface area contributed by atoms with Gasteiger partial charge in [0, 0.05) is 21.1 Å². The van der Waals surface area contributed by atoms with Crippen molar-refractivity contribution in [1.82, 2.24) is 0 Å². The van der Waals surface area contributed by atoms with E-state index in [4.69, 9.17) is 5.11 Å². The van der Waals surface area contributed by atoms with Crippen LogP contribution >= 0.6 is 11.3 Å². The zero-order valence-corrected chi connectivity index (χ0v) is 18.2. The number of nitrogens with one attached hydrogen (secondary N) is 1. The zero-order chi connectivity index (χ0) is 20.8. The van der Waals surface area contributed by atoms with Crippen molar-refractivity contribution in [3.05, 3.63) is 70.1 Å². The highest BCUT2D eigenvalue weighted by molar-refractivity contribution is 7.16. The van der Waals surface area contributed by atoms with E-state index in [2.05, 4.69) is 57.3 Å². The third-order valence-corrected chi connectivity index (χ3v) is 7.64. The van der Waals surface area contributed by atoms with Crippen LogP contribution in [0.1, 0.15) is 65.9 Å². The first-order chi connectivity index (χ1) is 13.8. The van der Waals surface area contributed by atoms with Crippen molar-refractivity contribution in [1.29, 1.82) is 0 Å². The average molecular weight is 406 g/mol. The molecule has 2 N–H and O–H groups in total. The van der Waals surface area contributed by atoms with Crippen LogP contribution in [0.2, 0.25) is 0 Å². The molecule has 1 aromatic heterocycles. The third kappa shape index (κ3) is 3.69. The van der Waals surface area contributed by atoms with E-state index in [1.54, 1.807) is 34.7 Å². The van der Waals surface area contributed by atoms with Crippen molar-refractivity contribution in [3.8, 4) is 10.4 Å². The topological polar surface area (TPSA) is 49.3 Å². The van der Waals surface area contributed by atoms with E-state index in [9.17, 15) is 4.79 Å². The Kier molecular flexibility index (Phi) is 4.99. The average Bonchev–Trinajstić information content (AvgIpc) is 3.05. The lowest BCUT2D eigenvalue weighted by Gasteiger charge is -2.34. The Morgan fingerprint density at radius 3 is 2.21 bits per heavy atom. The fourth-order valence-corrected chi connectivity index (χ4v) is 5.98. The molecule has 0 bridgehead atoms. The van der Waals surface area contributed by atoms with Crippen molar-refractivity contribution >= 4 is 28.7 Å². The van der Waals surface area contributed by atoms with Gasteiger partial charge in [-0.2, -0.15) is 0 Å². The molecule has 1 aliphatic rings. The number of hydrogen-bond donors (Lipinski definition) is 2. The molecule has 4 heteroatoms. The van der Waals surface area contributed by atoms with E-state index in [0.717, 1.165) is 11.4 Å². The van der Waals surface area contributed by atoms with Crippen LogP contribution in [-0.2, 0) is 5.41 Å². The minimum absolute atomic E-state index is 0.254. The minimum Gasteiger partial charge on any atom is -0.478 e. The highest BCUT2D eigenvalue weighted by Crippen LogP contribution is 2.51. The van der Waals surface area contributed by atoms with Crippen LogP contribution in [0.5, 0.6) is 0 Å². The van der Waals surface area contributed by atoms with E-state index in [-0.39, 0.29) is 5.41 Å². The molecule has 1 aliphatic carbocycles. The molecule has 29 heavy (non-hydrogen) atoms. The number of carboxylic acids is 1. The summed E-state index contributed by atoms with van der Waals surface area (Å²) in [5, 5.41) is 12.4. The van der Waals surface area contributed by atoms with Gasteiger partial charge in [0.05, 0.1) is 5.56 Å². The molecule has 0 saturated heterocycles. The number of carboxylic acid groups (broad SMARTS) is 1. The third-order valence-electron chi connectivity index (χ3n) is 6.07. The predicted octanol–water partition coefficient (Wildman–Crippen LogP) is 7.34. The number of fused-ring (bicyclic) bond motifs is 1. The van der Waals surface area contributed by atoms with Crippen LogP contribution < -0.4 is 5.32 Å². The molecule has 3 aromatic rings. The van der Waals surface area contributed by atoms with Gasteiger partial charge in [-0.3, -0.25) is 0 Å². The molecule has 0 saturated carbocycles. The zero-order valence-electron chi connectivity index (χ0n) is 17.4. The highest BCUT2D eigenvalue weighted by atomic mass is 32.1. The molecule has 2 aromatic carbocycles. The molecule has 3 nitrogen and oxygen atoms in total. The minimum atomic E-state index is -0.910. The van der Waals surface area contributed by atoms with Crippen molar-refractivity contribution in [2.24, 2.45) is 0 Å². The molecule has 0 amide bonds. The second kappa shape index (κ2) is 7.34. The Bertz CT molecular complexity index is 1050. The molecule has 150 valence electrons. The van der Waals surface area contributed by atoms with Gasteiger partial charge in [0.2, 0.25) is 0 Å². The monoisotopic (exact) mass is 405 g/mol. The number of carbonyl (C=O) groups is 1. The second-order valence-corrected chi connectivity index (χ2v) is 9.76. The van der Waals surface area contributed by atoms with Crippen molar-refractivity contribution in [2.75, 3.05) is 5.32 Å². The van der Waals surface area contributed by atoms with Gasteiger partial charge in [0.25, 0.3) is 0 Å². The molecule has 0 radical (unpaired) electrons. The first-order valence-electron chi connectivity index (χ1n) is 10.1. The second-order valence-electron chi connectivity index (χ2n) is 8.70. The number of anilines is 2. The van der Waals surface area contributed by atoms with Crippen LogP contribution in [0.25, 0.3) is 10.4 Å². The maximum Gasteiger partial charge on any atom is 0.335 e. The fraction of sp³-hybridized carbons (Fsp3) is 0.320. The maximum atomic E-state index is 11.0. The van der Waals surface area contributed by atoms with Gasteiger partial charge in [-0.15, -0.1) is 11.3 Å². The molecule has 0 fully saturated rings. The van der Waals surface area contributed by atoms with Gasteiger partial charge in [-0.1, -0.05) is 32.9 Å². The Balaban J connectivity index is 1.59. The Hall–Kier alpha value is -2.59. The van der Waals surface area contributed by atoms with Gasteiger partial charge in [-0.05, 0) is 84.2 Å². The molecule has 1 heterocycles. The predicted molar refractivity (Wildman–Crippen MR) is 122 cm³/mol. The normalized spacial score (nSPS) is 17.6. The molecule has 1 unspecified atom stereocenters. The van der Waals surface area contributed by atoms with E-state index in [0.29, 0.717) is 11.5 Å². The van der Waals surface area contributed by atoms with Crippen molar-refractivity contribution < 1.29 is 9.90 Å². The van der Waals surface area contributed by atoms with E-state index in [1.807, 2.05) is 11.3 Å². The van der Waals surface area contributed by atoms with Gasteiger partial charge >= 0.3 is 5.97 Å². The summed E-state index contributed by atoms with van der Waals surface area (Å²) < 4.78 is 0. The molecule has 4 rings (SSSR count). The molecular weight excluding hydrogens is 378 g/mol. The Morgan fingerprint density at radius 1 is 1.07 bits per heavy atom. The van der Waals surface area contributed by atoms with Gasteiger partial charge in [0.15, 0.2) is 0 Å². The number of aromatic carboxylic acids is 1. The summed E-state index contributed by atoms with van der Waals surface area (Å²) in [5.74, 6) is -0.266. The van der Waals surface area contributed by atoms with E-state index >= 15 is 0 Å². The summed E-state index contributed by atoms with van der Waals surface area (Å²) >= 11 is 1.96. The Morgan fingerprint density at radius 2 is 1.66 bits per heavy atom. The van der Waals surface area contributed by atoms with Crippen molar-refractivity contribution in [2.45, 2.75) is 51.9 Å². The summed E-state index contributed by atoms with van der Waals surface area (Å²) in [4.78, 5) is 13.9. The Labute approximate surface area is 176 Å². The lowest BCUT2D eigenvalue weighted by Crippen LogP contribution is -2.24. The van der Waals surface area contributed by atoms with Crippen LogP contribution in [0.3, 0.4) is 0 Å². The summed E-state index contributed by atoms with van der Waals surface area (Å²) in [6.45, 7) is 9.39. The standard InChI is InChI=1S/C25H27NO2S/c1-15-13-14-25(3,4)21-16(2)23(29-22(15)21)17-5-9-19(10-6-17)26-20-11-7-18(8-12-20)24(27)28/h5-12,15,26H,13-14H2,1-4H3,(H,27,28). The number of rotatable bonds is 4. The quantitative estimate of drug-likeness (QED) is 0.477. The lowest BCUT2D eigenvalue weighted by atomic mass is 9.71. The molecule has 1 atom stereocenters. The summed E-state index contributed by atoms with van der Waals surface area (Å²) in [6.07, 6.45) is 2.52. The van der Waals surface area contributed by atoms with Crippen molar-refractivity contribution in [3.63, 3.8) is 0 Å². The number of thiophene rings is 1. The maximum absolute atomic E-state index is 11.0. The first kappa shape index (κ1) is 19.7. The fourth-order valence-electron chi connectivity index (χ4n) is 4.40. The smallest absolute Gasteiger partial charge is 0.335 e. The van der Waals surface area contributed by atoms with Gasteiger partial charge < -0.3 is 10.4 Å². The van der Waals surface area contributed by atoms with Crippen LogP contribution in [0.4, 0.5) is 11.4 Å². The molecule has 0 aliphatic heterocycles. The van der Waals surface area contributed by atoms with Crippen LogP contribution in [0.15, 0.2) is 48.5 Å². The van der Waals surface area contributed by atoms with Gasteiger partial charge in [-0.25, -0.2) is 4.79 Å². The molecular formula is C25H27NO2S. The lowest BCUT2D eigenvalue weighted by molar-refractivity contribution is 0.0697. The highest BCUT2D eigenvalue weighted by Gasteiger charge is 2.35.